The van der Waals surface area contributed by atoms with Crippen LogP contribution in [0.3, 0.4) is 0 Å². The molecule has 1 amide bonds. The number of amides is 1. The molecule has 0 radical (unpaired) electrons. The maximum absolute atomic E-state index is 13.5. The molecule has 0 saturated heterocycles. The molecule has 5 nitrogen and oxygen atoms in total. The zero-order valence-corrected chi connectivity index (χ0v) is 18.9. The number of fused-ring (bicyclic) bond motifs is 1. The molecule has 2 aromatic heterocycles. The summed E-state index contributed by atoms with van der Waals surface area (Å²) in [5.41, 5.74) is 4.78. The van der Waals surface area contributed by atoms with Gasteiger partial charge in [-0.2, -0.15) is 0 Å². The summed E-state index contributed by atoms with van der Waals surface area (Å²) in [4.78, 5) is 24.3. The Balaban J connectivity index is 1.72. The fourth-order valence-corrected chi connectivity index (χ4v) is 4.62. The van der Waals surface area contributed by atoms with Crippen LogP contribution in [0.2, 0.25) is 0 Å². The predicted molar refractivity (Wildman–Crippen MR) is 126 cm³/mol. The molecule has 158 valence electrons. The van der Waals surface area contributed by atoms with Crippen molar-refractivity contribution in [1.82, 2.24) is 9.97 Å². The molecule has 2 heterocycles. The highest BCUT2D eigenvalue weighted by atomic mass is 32.1. The van der Waals surface area contributed by atoms with Gasteiger partial charge in [-0.1, -0.05) is 23.5 Å². The van der Waals surface area contributed by atoms with Crippen LogP contribution in [0.5, 0.6) is 5.75 Å². The third kappa shape index (κ3) is 4.75. The first kappa shape index (κ1) is 21.0. The number of thiazole rings is 1. The minimum atomic E-state index is -0.103. The highest BCUT2D eigenvalue weighted by Gasteiger charge is 2.22. The van der Waals surface area contributed by atoms with E-state index >= 15 is 0 Å². The van der Waals surface area contributed by atoms with Crippen LogP contribution in [0.15, 0.2) is 60.9 Å². The minimum Gasteiger partial charge on any atom is -0.491 e. The van der Waals surface area contributed by atoms with Gasteiger partial charge in [0.05, 0.1) is 22.9 Å². The number of anilines is 1. The quantitative estimate of drug-likeness (QED) is 0.379. The van der Waals surface area contributed by atoms with E-state index in [2.05, 4.69) is 31.0 Å². The van der Waals surface area contributed by atoms with E-state index < -0.39 is 0 Å². The van der Waals surface area contributed by atoms with Gasteiger partial charge in [-0.25, -0.2) is 4.98 Å². The van der Waals surface area contributed by atoms with Gasteiger partial charge in [-0.15, -0.1) is 0 Å². The lowest BCUT2D eigenvalue weighted by molar-refractivity contribution is 0.0985. The molecule has 4 aromatic rings. The topological polar surface area (TPSA) is 55.3 Å². The summed E-state index contributed by atoms with van der Waals surface area (Å²) in [6.07, 6.45) is 3.59. The van der Waals surface area contributed by atoms with E-state index in [9.17, 15) is 4.79 Å². The number of aromatic nitrogens is 2. The molecule has 4 rings (SSSR count). The first-order valence-electron chi connectivity index (χ1n) is 10.3. The molecular weight excluding hydrogens is 406 g/mol. The number of aryl methyl sites for hydroxylation is 2. The highest BCUT2D eigenvalue weighted by molar-refractivity contribution is 7.22. The maximum Gasteiger partial charge on any atom is 0.260 e. The Morgan fingerprint density at radius 1 is 1.13 bits per heavy atom. The standard InChI is InChI=1S/C25H25N3O2S/c1-16(2)30-21-9-7-20(8-10-21)24(29)28(15-19-6-5-11-26-14-19)25-27-23-18(4)12-17(3)13-22(23)31-25/h5-14,16H,15H2,1-4H3. The number of benzene rings is 2. The number of hydrogen-bond acceptors (Lipinski definition) is 5. The molecule has 0 bridgehead atoms. The molecule has 0 aliphatic rings. The second-order valence-corrected chi connectivity index (χ2v) is 8.88. The van der Waals surface area contributed by atoms with Gasteiger partial charge in [0.1, 0.15) is 5.75 Å². The van der Waals surface area contributed by atoms with Crippen LogP contribution in [-0.2, 0) is 6.54 Å². The lowest BCUT2D eigenvalue weighted by Gasteiger charge is -2.20. The second-order valence-electron chi connectivity index (χ2n) is 7.87. The summed E-state index contributed by atoms with van der Waals surface area (Å²) in [6.45, 7) is 8.48. The largest absolute Gasteiger partial charge is 0.491 e. The van der Waals surface area contributed by atoms with Gasteiger partial charge in [0.15, 0.2) is 5.13 Å². The van der Waals surface area contributed by atoms with Crippen molar-refractivity contribution in [1.29, 1.82) is 0 Å². The van der Waals surface area contributed by atoms with Crippen LogP contribution in [0.1, 0.15) is 40.9 Å². The average molecular weight is 432 g/mol. The van der Waals surface area contributed by atoms with Crippen molar-refractivity contribution in [3.63, 3.8) is 0 Å². The Kier molecular flexibility index (Phi) is 6.00. The van der Waals surface area contributed by atoms with Gasteiger partial charge in [-0.05, 0) is 80.8 Å². The van der Waals surface area contributed by atoms with Gasteiger partial charge in [0, 0.05) is 18.0 Å². The fraction of sp³-hybridized carbons (Fsp3) is 0.240. The van der Waals surface area contributed by atoms with Crippen molar-refractivity contribution in [3.05, 3.63) is 83.2 Å². The number of nitrogens with zero attached hydrogens (tertiary/aromatic N) is 3. The van der Waals surface area contributed by atoms with E-state index in [1.165, 1.54) is 16.9 Å². The Morgan fingerprint density at radius 3 is 2.58 bits per heavy atom. The lowest BCUT2D eigenvalue weighted by Crippen LogP contribution is -2.30. The summed E-state index contributed by atoms with van der Waals surface area (Å²) in [6, 6.07) is 15.4. The van der Waals surface area contributed by atoms with E-state index in [1.54, 1.807) is 29.4 Å². The smallest absolute Gasteiger partial charge is 0.260 e. The van der Waals surface area contributed by atoms with Crippen LogP contribution >= 0.6 is 11.3 Å². The third-order valence-electron chi connectivity index (χ3n) is 4.83. The Bertz CT molecular complexity index is 1200. The maximum atomic E-state index is 13.5. The number of carbonyl (C=O) groups is 1. The molecule has 6 heteroatoms. The number of pyridine rings is 1. The Labute approximate surface area is 186 Å². The lowest BCUT2D eigenvalue weighted by atomic mass is 10.1. The van der Waals surface area contributed by atoms with Crippen molar-refractivity contribution in [2.24, 2.45) is 0 Å². The van der Waals surface area contributed by atoms with Gasteiger partial charge in [-0.3, -0.25) is 14.7 Å². The van der Waals surface area contributed by atoms with Crippen LogP contribution in [0, 0.1) is 13.8 Å². The zero-order valence-electron chi connectivity index (χ0n) is 18.1. The van der Waals surface area contributed by atoms with Crippen molar-refractivity contribution >= 4 is 32.6 Å². The molecule has 0 unspecified atom stereocenters. The summed E-state index contributed by atoms with van der Waals surface area (Å²) >= 11 is 1.54. The summed E-state index contributed by atoms with van der Waals surface area (Å²) in [7, 11) is 0. The number of ether oxygens (including phenoxy) is 1. The van der Waals surface area contributed by atoms with Gasteiger partial charge < -0.3 is 4.74 Å². The van der Waals surface area contributed by atoms with Crippen molar-refractivity contribution in [3.8, 4) is 5.75 Å². The molecule has 0 atom stereocenters. The van der Waals surface area contributed by atoms with Crippen molar-refractivity contribution in [2.45, 2.75) is 40.3 Å². The molecule has 0 saturated carbocycles. The minimum absolute atomic E-state index is 0.0816. The summed E-state index contributed by atoms with van der Waals surface area (Å²) in [5, 5.41) is 0.681. The molecule has 0 N–H and O–H groups in total. The molecule has 31 heavy (non-hydrogen) atoms. The number of hydrogen-bond donors (Lipinski definition) is 0. The Morgan fingerprint density at radius 2 is 1.90 bits per heavy atom. The van der Waals surface area contributed by atoms with Crippen LogP contribution in [0.4, 0.5) is 5.13 Å². The number of carbonyl (C=O) groups excluding carboxylic acids is 1. The van der Waals surface area contributed by atoms with E-state index in [-0.39, 0.29) is 12.0 Å². The monoisotopic (exact) mass is 431 g/mol. The van der Waals surface area contributed by atoms with Gasteiger partial charge >= 0.3 is 0 Å². The summed E-state index contributed by atoms with van der Waals surface area (Å²) < 4.78 is 6.79. The van der Waals surface area contributed by atoms with Crippen LogP contribution in [0.25, 0.3) is 10.2 Å². The predicted octanol–water partition coefficient (Wildman–Crippen LogP) is 5.94. The van der Waals surface area contributed by atoms with Crippen molar-refractivity contribution in [2.75, 3.05) is 4.90 Å². The second kappa shape index (κ2) is 8.86. The van der Waals surface area contributed by atoms with Crippen LogP contribution < -0.4 is 9.64 Å². The molecule has 0 spiro atoms. The van der Waals surface area contributed by atoms with E-state index in [1.807, 2.05) is 38.1 Å². The first-order valence-corrected chi connectivity index (χ1v) is 11.1. The fourth-order valence-electron chi connectivity index (χ4n) is 3.48. The first-order chi connectivity index (χ1) is 14.9. The van der Waals surface area contributed by atoms with E-state index in [4.69, 9.17) is 9.72 Å². The zero-order chi connectivity index (χ0) is 22.0. The van der Waals surface area contributed by atoms with E-state index in [0.29, 0.717) is 17.2 Å². The SMILES string of the molecule is Cc1cc(C)c2nc(N(Cc3cccnc3)C(=O)c3ccc(OC(C)C)cc3)sc2c1. The third-order valence-corrected chi connectivity index (χ3v) is 5.86. The van der Waals surface area contributed by atoms with E-state index in [0.717, 1.165) is 27.1 Å². The normalized spacial score (nSPS) is 11.1. The molecule has 2 aromatic carbocycles. The van der Waals surface area contributed by atoms with Crippen LogP contribution in [-0.4, -0.2) is 22.0 Å². The number of rotatable bonds is 6. The van der Waals surface area contributed by atoms with Crippen molar-refractivity contribution < 1.29 is 9.53 Å². The van der Waals surface area contributed by atoms with Gasteiger partial charge in [0.2, 0.25) is 0 Å². The highest BCUT2D eigenvalue weighted by Crippen LogP contribution is 2.33. The molecular formula is C25H25N3O2S. The molecule has 0 aliphatic heterocycles. The molecule has 0 aliphatic carbocycles. The Hall–Kier alpha value is -3.25. The summed E-state index contributed by atoms with van der Waals surface area (Å²) in [5.74, 6) is 0.643. The average Bonchev–Trinajstić information content (AvgIpc) is 3.16. The molecule has 0 fully saturated rings. The van der Waals surface area contributed by atoms with Gasteiger partial charge in [0.25, 0.3) is 5.91 Å².